The molecule has 7 nitrogen and oxygen atoms in total. The third-order valence-corrected chi connectivity index (χ3v) is 5.89. The Morgan fingerprint density at radius 1 is 1.29 bits per heavy atom. The van der Waals surface area contributed by atoms with Crippen LogP contribution in [0, 0.1) is 5.82 Å². The molecule has 2 aliphatic rings. The molecule has 2 amide bonds. The summed E-state index contributed by atoms with van der Waals surface area (Å²) in [5, 5.41) is 10.8. The Morgan fingerprint density at radius 3 is 2.64 bits per heavy atom. The molecule has 1 saturated heterocycles. The topological polar surface area (TPSA) is 80.1 Å². The summed E-state index contributed by atoms with van der Waals surface area (Å²) in [7, 11) is 0. The van der Waals surface area contributed by atoms with Crippen LogP contribution in [-0.4, -0.2) is 56.7 Å². The minimum atomic E-state index is -0.653. The molecule has 1 N–H and O–H groups in total. The Balaban J connectivity index is 1.54. The number of nitrogens with zero attached hydrogens (tertiary/aromatic N) is 4. The zero-order chi connectivity index (χ0) is 19.7. The van der Waals surface area contributed by atoms with E-state index in [0.717, 1.165) is 18.4 Å². The van der Waals surface area contributed by atoms with Gasteiger partial charge < -0.3 is 10.2 Å². The number of alkyl halides is 1. The van der Waals surface area contributed by atoms with E-state index in [9.17, 15) is 14.0 Å². The van der Waals surface area contributed by atoms with Crippen LogP contribution in [0.2, 0.25) is 0 Å². The van der Waals surface area contributed by atoms with Gasteiger partial charge in [-0.25, -0.2) is 9.07 Å². The predicted octanol–water partition coefficient (Wildman–Crippen LogP) is 1.65. The molecule has 0 bridgehead atoms. The number of amides is 2. The molecular formula is C19H21ClFN5O2. The molecule has 2 fully saturated rings. The van der Waals surface area contributed by atoms with Gasteiger partial charge in [0.2, 0.25) is 5.91 Å². The maximum Gasteiger partial charge on any atom is 0.250 e. The van der Waals surface area contributed by atoms with Gasteiger partial charge in [-0.15, -0.1) is 16.7 Å². The van der Waals surface area contributed by atoms with Gasteiger partial charge in [0.15, 0.2) is 0 Å². The number of benzene rings is 1. The summed E-state index contributed by atoms with van der Waals surface area (Å²) < 4.78 is 14.9. The number of hydrogen-bond acceptors (Lipinski definition) is 4. The molecule has 1 saturated carbocycles. The van der Waals surface area contributed by atoms with E-state index in [0.29, 0.717) is 19.5 Å². The van der Waals surface area contributed by atoms with Gasteiger partial charge in [-0.3, -0.25) is 9.59 Å². The molecule has 0 radical (unpaired) electrons. The molecule has 2 aromatic rings. The standard InChI is InChI=1S/C19H21ClFN5O2/c20-11-17(27)23-16-12-25(9-5-15(16)13-1-3-14(21)4-2-13)18(28)19(6-7-19)26-10-8-22-24-26/h1-4,8,10,15-16H,5-7,9,11-12H2,(H,23,27)/t15-,16+/m0/s1. The highest BCUT2D eigenvalue weighted by Crippen LogP contribution is 2.45. The van der Waals surface area contributed by atoms with E-state index in [4.69, 9.17) is 11.6 Å². The van der Waals surface area contributed by atoms with Crippen LogP contribution in [0.25, 0.3) is 0 Å². The summed E-state index contributed by atoms with van der Waals surface area (Å²) in [6.07, 6.45) is 5.40. The van der Waals surface area contributed by atoms with Crippen LogP contribution in [0.3, 0.4) is 0 Å². The smallest absolute Gasteiger partial charge is 0.250 e. The van der Waals surface area contributed by atoms with Crippen molar-refractivity contribution < 1.29 is 14.0 Å². The zero-order valence-electron chi connectivity index (χ0n) is 15.2. The molecule has 28 heavy (non-hydrogen) atoms. The molecule has 1 aromatic heterocycles. The second-order valence-corrected chi connectivity index (χ2v) is 7.65. The van der Waals surface area contributed by atoms with Crippen molar-refractivity contribution in [2.24, 2.45) is 0 Å². The zero-order valence-corrected chi connectivity index (χ0v) is 16.0. The van der Waals surface area contributed by atoms with Gasteiger partial charge in [0.1, 0.15) is 17.2 Å². The number of piperidine rings is 1. The van der Waals surface area contributed by atoms with E-state index in [-0.39, 0.29) is 35.5 Å². The lowest BCUT2D eigenvalue weighted by molar-refractivity contribution is -0.139. The number of nitrogens with one attached hydrogen (secondary N) is 1. The molecule has 1 aliphatic carbocycles. The van der Waals surface area contributed by atoms with E-state index >= 15 is 0 Å². The van der Waals surface area contributed by atoms with E-state index < -0.39 is 5.54 Å². The monoisotopic (exact) mass is 405 g/mol. The first-order chi connectivity index (χ1) is 13.5. The Labute approximate surface area is 166 Å². The fourth-order valence-electron chi connectivity index (χ4n) is 4.03. The van der Waals surface area contributed by atoms with E-state index in [1.54, 1.807) is 34.1 Å². The predicted molar refractivity (Wildman–Crippen MR) is 100 cm³/mol. The van der Waals surface area contributed by atoms with Crippen LogP contribution in [0.15, 0.2) is 36.7 Å². The Kier molecular flexibility index (Phi) is 5.05. The van der Waals surface area contributed by atoms with Crippen molar-refractivity contribution in [2.45, 2.75) is 36.8 Å². The van der Waals surface area contributed by atoms with Crippen LogP contribution in [-0.2, 0) is 15.1 Å². The lowest BCUT2D eigenvalue weighted by Gasteiger charge is -2.40. The van der Waals surface area contributed by atoms with Crippen LogP contribution in [0.4, 0.5) is 4.39 Å². The first kappa shape index (κ1) is 18.9. The van der Waals surface area contributed by atoms with Crippen molar-refractivity contribution in [3.63, 3.8) is 0 Å². The van der Waals surface area contributed by atoms with E-state index in [1.807, 2.05) is 0 Å². The Bertz CT molecular complexity index is 854. The number of carbonyl (C=O) groups is 2. The number of hydrogen-bond donors (Lipinski definition) is 1. The number of halogens is 2. The van der Waals surface area contributed by atoms with Crippen LogP contribution >= 0.6 is 11.6 Å². The fraction of sp³-hybridized carbons (Fsp3) is 0.474. The Morgan fingerprint density at radius 2 is 2.04 bits per heavy atom. The maximum atomic E-state index is 13.3. The number of aromatic nitrogens is 3. The molecule has 148 valence electrons. The van der Waals surface area contributed by atoms with Crippen molar-refractivity contribution in [3.8, 4) is 0 Å². The van der Waals surface area contributed by atoms with Crippen molar-refractivity contribution >= 4 is 23.4 Å². The second-order valence-electron chi connectivity index (χ2n) is 7.38. The van der Waals surface area contributed by atoms with Gasteiger partial charge in [0.05, 0.1) is 12.2 Å². The van der Waals surface area contributed by atoms with Crippen molar-refractivity contribution in [1.29, 1.82) is 0 Å². The molecular weight excluding hydrogens is 385 g/mol. The summed E-state index contributed by atoms with van der Waals surface area (Å²) in [6.45, 7) is 0.935. The van der Waals surface area contributed by atoms with Gasteiger partial charge in [-0.2, -0.15) is 0 Å². The largest absolute Gasteiger partial charge is 0.350 e. The quantitative estimate of drug-likeness (QED) is 0.767. The molecule has 0 unspecified atom stereocenters. The molecule has 2 atom stereocenters. The molecule has 9 heteroatoms. The average molecular weight is 406 g/mol. The minimum absolute atomic E-state index is 0.000628. The number of likely N-dealkylation sites (tertiary alicyclic amines) is 1. The molecule has 4 rings (SSSR count). The number of carbonyl (C=O) groups excluding carboxylic acids is 2. The summed E-state index contributed by atoms with van der Waals surface area (Å²) in [5.74, 6) is -0.755. The normalized spacial score (nSPS) is 23.3. The van der Waals surface area contributed by atoms with E-state index in [2.05, 4.69) is 15.6 Å². The SMILES string of the molecule is O=C(CCl)N[C@@H]1CN(C(=O)C2(n3ccnn3)CC2)CC[C@H]1c1ccc(F)cc1. The van der Waals surface area contributed by atoms with Crippen molar-refractivity contribution in [2.75, 3.05) is 19.0 Å². The van der Waals surface area contributed by atoms with E-state index in [1.165, 1.54) is 12.1 Å². The highest BCUT2D eigenvalue weighted by Gasteiger charge is 2.55. The van der Waals surface area contributed by atoms with Crippen molar-refractivity contribution in [1.82, 2.24) is 25.2 Å². The third-order valence-electron chi connectivity index (χ3n) is 5.65. The fourth-order valence-corrected chi connectivity index (χ4v) is 4.10. The van der Waals surface area contributed by atoms with Crippen LogP contribution < -0.4 is 5.32 Å². The summed E-state index contributed by atoms with van der Waals surface area (Å²) in [4.78, 5) is 27.0. The molecule has 2 heterocycles. The van der Waals surface area contributed by atoms with Gasteiger partial charge in [-0.05, 0) is 37.0 Å². The maximum absolute atomic E-state index is 13.3. The van der Waals surface area contributed by atoms with Crippen molar-refractivity contribution in [3.05, 3.63) is 48.0 Å². The summed E-state index contributed by atoms with van der Waals surface area (Å²) in [5.41, 5.74) is 0.283. The number of rotatable bonds is 5. The lowest BCUT2D eigenvalue weighted by Crippen LogP contribution is -2.56. The lowest BCUT2D eigenvalue weighted by atomic mass is 9.85. The summed E-state index contributed by atoms with van der Waals surface area (Å²) in [6, 6.07) is 6.00. The highest BCUT2D eigenvalue weighted by atomic mass is 35.5. The second kappa shape index (κ2) is 7.50. The van der Waals surface area contributed by atoms with Gasteiger partial charge in [0.25, 0.3) is 5.91 Å². The summed E-state index contributed by atoms with van der Waals surface area (Å²) >= 11 is 5.67. The first-order valence-corrected chi connectivity index (χ1v) is 9.84. The van der Waals surface area contributed by atoms with Crippen LogP contribution in [0.1, 0.15) is 30.7 Å². The van der Waals surface area contributed by atoms with Gasteiger partial charge in [0, 0.05) is 25.2 Å². The molecule has 0 spiro atoms. The highest BCUT2D eigenvalue weighted by molar-refractivity contribution is 6.27. The molecule has 1 aliphatic heterocycles. The van der Waals surface area contributed by atoms with Gasteiger partial charge >= 0.3 is 0 Å². The first-order valence-electron chi connectivity index (χ1n) is 9.30. The minimum Gasteiger partial charge on any atom is -0.350 e. The van der Waals surface area contributed by atoms with Crippen LogP contribution in [0.5, 0.6) is 0 Å². The third kappa shape index (κ3) is 3.48. The molecule has 1 aromatic carbocycles. The van der Waals surface area contributed by atoms with Gasteiger partial charge in [-0.1, -0.05) is 17.3 Å². The average Bonchev–Trinajstić information content (AvgIpc) is 3.33. The Hall–Kier alpha value is -2.48.